The molecule has 4 heterocycles. The van der Waals surface area contributed by atoms with Crippen molar-refractivity contribution in [2.45, 2.75) is 77.2 Å². The van der Waals surface area contributed by atoms with Crippen molar-refractivity contribution >= 4 is 86.0 Å². The van der Waals surface area contributed by atoms with E-state index in [9.17, 15) is 51.6 Å². The maximum atomic E-state index is 14.3. The van der Waals surface area contributed by atoms with E-state index in [0.29, 0.717) is 74.3 Å². The molecule has 109 heavy (non-hydrogen) atoms. The number of ketones is 1. The van der Waals surface area contributed by atoms with Crippen molar-refractivity contribution in [2.24, 2.45) is 0 Å². The molecule has 8 amide bonds. The fourth-order valence-electron chi connectivity index (χ4n) is 16.1. The van der Waals surface area contributed by atoms with Crippen LogP contribution >= 0.6 is 0 Å². The highest BCUT2D eigenvalue weighted by atomic mass is 32.2. The molecule has 0 saturated heterocycles. The number of imide groups is 4. The van der Waals surface area contributed by atoms with Crippen molar-refractivity contribution < 1.29 is 56.4 Å². The Bertz CT molecular complexity index is 6100. The normalized spacial score (nSPS) is 15.0. The first-order chi connectivity index (χ1) is 51.8. The highest BCUT2D eigenvalue weighted by Crippen LogP contribution is 2.56. The Labute approximate surface area is 629 Å². The number of hydrogen-bond acceptors (Lipinski definition) is 11. The third kappa shape index (κ3) is 11.5. The number of hydrogen-bond donors (Lipinski definition) is 0. The Kier molecular flexibility index (Phi) is 17.4. The van der Waals surface area contributed by atoms with Crippen molar-refractivity contribution in [1.29, 1.82) is 0 Å². The van der Waals surface area contributed by atoms with Crippen LogP contribution in [0.3, 0.4) is 0 Å². The van der Waals surface area contributed by atoms with E-state index in [1.54, 1.807) is 60.7 Å². The number of carbonyl (C=O) groups excluding carboxylic acids is 9. The Morgan fingerprint density at radius 1 is 0.431 bits per heavy atom. The fourth-order valence-corrected chi connectivity index (χ4v) is 17.0. The summed E-state index contributed by atoms with van der Waals surface area (Å²) < 4.78 is 23.1. The van der Waals surface area contributed by atoms with Crippen LogP contribution in [0, 0.1) is 20.8 Å². The van der Waals surface area contributed by atoms with Crippen LogP contribution < -0.4 is 9.80 Å². The summed E-state index contributed by atoms with van der Waals surface area (Å²) in [5, 5.41) is 0. The molecule has 536 valence electrons. The summed E-state index contributed by atoms with van der Waals surface area (Å²) in [4.78, 5) is 129. The van der Waals surface area contributed by atoms with Crippen molar-refractivity contribution in [1.82, 2.24) is 9.80 Å². The molecular weight excluding hydrogens is 1390 g/mol. The molecule has 6 aliphatic rings. The number of aryl methyl sites for hydroxylation is 3. The number of anilines is 2. The minimum atomic E-state index is -3.40. The summed E-state index contributed by atoms with van der Waals surface area (Å²) in [7, 11) is -1.94. The second-order valence-corrected chi connectivity index (χ2v) is 30.8. The number of amides is 8. The first-order valence-corrected chi connectivity index (χ1v) is 37.0. The third-order valence-electron chi connectivity index (χ3n) is 21.9. The molecule has 4 aliphatic heterocycles. The van der Waals surface area contributed by atoms with E-state index in [4.69, 9.17) is 5.53 Å². The summed E-state index contributed by atoms with van der Waals surface area (Å²) in [5.74, 6) is -3.63. The lowest BCUT2D eigenvalue weighted by Gasteiger charge is -2.34. The minimum Gasteiger partial charge on any atom is -0.361 e. The third-order valence-corrected chi connectivity index (χ3v) is 23.1. The Morgan fingerprint density at radius 3 is 1.40 bits per heavy atom. The van der Waals surface area contributed by atoms with Gasteiger partial charge in [-0.25, -0.2) is 18.2 Å². The highest BCUT2D eigenvalue weighted by molar-refractivity contribution is 7.90. The average Bonchev–Trinajstić information content (AvgIpc) is 1.54. The summed E-state index contributed by atoms with van der Waals surface area (Å²) in [6.45, 7) is 10.2. The number of sulfone groups is 1. The quantitative estimate of drug-likeness (QED) is 0.0597. The molecule has 17 nitrogen and oxygen atoms in total. The van der Waals surface area contributed by atoms with E-state index in [1.807, 2.05) is 80.6 Å². The molecule has 18 heteroatoms. The topological polar surface area (TPSA) is 237 Å². The van der Waals surface area contributed by atoms with Crippen LogP contribution in [-0.4, -0.2) is 95.1 Å². The molecule has 0 saturated carbocycles. The number of nitrogens with zero attached hydrogens (tertiary/aromatic N) is 6. The number of allylic oxidation sites excluding steroid dienone is 1. The molecule has 0 N–H and O–H groups in total. The highest BCUT2D eigenvalue weighted by Gasteiger charge is 2.47. The number of carbonyl (C=O) groups is 9. The zero-order chi connectivity index (χ0) is 75.7. The van der Waals surface area contributed by atoms with Gasteiger partial charge in [0.15, 0.2) is 9.84 Å². The standard InChI is InChI=1S/C79H58N4O8.C11H8N2O3S.CH4/c1-44-15-22-52(23-16-44)79(67-13-9-7-11-57(67)58-12-8-10-14-68(58)79)53-25-28-56(29-26-53)82-74(88)61-32-19-49(41-65(61)76(82)90)38-48-18-31-60-64(40-48)73(87)81(72(60)86)43-51-21-24-54(35-45(51)2)78(4,5)55-27-34-69(46(3)36-55)83-75(89)62-33-20-50(42-66(62)77(83)91)37-47-17-30-59-63(39-47)71(85)80(6)70(59)84;1-17(15,16)10-4-2-3-8-7(10)5-6-9(13-12)11(8)14;/h7-36,39-42H,37-38,43H2,1-6H3;2-6H,1H3;1H4. The zero-order valence-electron chi connectivity index (χ0n) is 59.7. The van der Waals surface area contributed by atoms with Gasteiger partial charge in [0, 0.05) is 35.9 Å². The number of rotatable bonds is 13. The van der Waals surface area contributed by atoms with Crippen LogP contribution in [0.15, 0.2) is 235 Å². The molecule has 11 aromatic carbocycles. The molecule has 0 bridgehead atoms. The molecule has 0 spiro atoms. The predicted molar refractivity (Wildman–Crippen MR) is 416 cm³/mol. The molecule has 2 aliphatic carbocycles. The van der Waals surface area contributed by atoms with Crippen LogP contribution in [0.1, 0.15) is 198 Å². The van der Waals surface area contributed by atoms with Crippen LogP contribution in [0.5, 0.6) is 0 Å². The Morgan fingerprint density at radius 2 is 0.872 bits per heavy atom. The SMILES string of the molecule is C.CS(=O)(=O)c1cccc2c1C=CC(=[N+]=[N-])C2=O.Cc1ccc(C2(c3ccc(N4C(=O)c5ccc(Cc6ccc7c(c6)C(=O)N(Cc6ccc(C(C)(C)c8ccc(N9C(=O)c%10ccc(Cc%11ccc%12c(c%11)C(=O)N(C)C%12=O)cc%10C9=O)c(C)c8)cc6C)C7=O)cc5C4=O)cc3)c3ccccc3-c3ccccc32)cc1. The van der Waals surface area contributed by atoms with Crippen molar-refractivity contribution in [3.05, 3.63) is 370 Å². The largest absolute Gasteiger partial charge is 0.362 e. The van der Waals surface area contributed by atoms with Crippen LogP contribution in [-0.2, 0) is 40.1 Å². The number of benzene rings is 11. The van der Waals surface area contributed by atoms with Crippen molar-refractivity contribution in [3.63, 3.8) is 0 Å². The predicted octanol–water partition coefficient (Wildman–Crippen LogP) is 15.7. The van der Waals surface area contributed by atoms with Crippen molar-refractivity contribution in [3.8, 4) is 11.1 Å². The number of Topliss-reactive ketones (excluding diaryl/α,β-unsaturated/α-hetero) is 1. The maximum Gasteiger partial charge on any atom is 0.362 e. The van der Waals surface area contributed by atoms with Crippen LogP contribution in [0.2, 0.25) is 0 Å². The first-order valence-electron chi connectivity index (χ1n) is 35.1. The Balaban J connectivity index is 0.000000463. The van der Waals surface area contributed by atoms with Crippen LogP contribution in [0.25, 0.3) is 22.7 Å². The van der Waals surface area contributed by atoms with Gasteiger partial charge in [-0.3, -0.25) is 53.0 Å². The Hall–Kier alpha value is -13.3. The lowest BCUT2D eigenvalue weighted by molar-refractivity contribution is -0.00438. The van der Waals surface area contributed by atoms with Gasteiger partial charge < -0.3 is 5.53 Å². The second kappa shape index (κ2) is 26.6. The molecule has 17 rings (SSSR count). The minimum absolute atomic E-state index is 0. The molecular formula is C91H70N6O11S. The molecule has 0 fully saturated rings. The summed E-state index contributed by atoms with van der Waals surface area (Å²) in [6.07, 6.45) is 4.57. The van der Waals surface area contributed by atoms with Gasteiger partial charge in [-0.2, -0.15) is 4.79 Å². The molecule has 0 atom stereocenters. The van der Waals surface area contributed by atoms with Gasteiger partial charge >= 0.3 is 5.71 Å². The molecule has 0 radical (unpaired) electrons. The summed E-state index contributed by atoms with van der Waals surface area (Å²) >= 11 is 0. The molecule has 0 aromatic heterocycles. The molecule has 0 unspecified atom stereocenters. The summed E-state index contributed by atoms with van der Waals surface area (Å²) in [6, 6.07) is 70.5. The van der Waals surface area contributed by atoms with E-state index < -0.39 is 56.0 Å². The van der Waals surface area contributed by atoms with E-state index >= 15 is 0 Å². The average molecular weight is 1460 g/mol. The monoisotopic (exact) mass is 1450 g/mol. The van der Waals surface area contributed by atoms with Gasteiger partial charge in [-0.15, -0.1) is 0 Å². The maximum absolute atomic E-state index is 14.3. The zero-order valence-corrected chi connectivity index (χ0v) is 60.5. The van der Waals surface area contributed by atoms with Gasteiger partial charge in [0.25, 0.3) is 53.0 Å². The van der Waals surface area contributed by atoms with Gasteiger partial charge in [0.05, 0.1) is 72.7 Å². The van der Waals surface area contributed by atoms with Gasteiger partial charge in [-0.05, 0) is 196 Å². The first kappa shape index (κ1) is 71.3. The smallest absolute Gasteiger partial charge is 0.361 e. The lowest BCUT2D eigenvalue weighted by atomic mass is 9.67. The molecule has 11 aromatic rings. The van der Waals surface area contributed by atoms with Gasteiger partial charge in [0.2, 0.25) is 0 Å². The second-order valence-electron chi connectivity index (χ2n) is 28.8. The van der Waals surface area contributed by atoms with Gasteiger partial charge in [-0.1, -0.05) is 178 Å². The van der Waals surface area contributed by atoms with E-state index in [2.05, 4.69) is 104 Å². The summed E-state index contributed by atoms with van der Waals surface area (Å²) in [5.41, 5.74) is 26.8. The van der Waals surface area contributed by atoms with Crippen LogP contribution in [0.4, 0.5) is 11.4 Å². The number of fused-ring (bicyclic) bond motifs is 8. The van der Waals surface area contributed by atoms with E-state index in [-0.39, 0.29) is 47.9 Å². The van der Waals surface area contributed by atoms with Crippen molar-refractivity contribution in [2.75, 3.05) is 23.1 Å². The van der Waals surface area contributed by atoms with E-state index in [0.717, 1.165) is 77.9 Å². The fraction of sp³-hybridized carbons (Fsp3) is 0.143. The van der Waals surface area contributed by atoms with Gasteiger partial charge in [0.1, 0.15) is 0 Å². The van der Waals surface area contributed by atoms with E-state index in [1.165, 1.54) is 74.4 Å². The lowest BCUT2D eigenvalue weighted by Crippen LogP contribution is -2.30.